The van der Waals surface area contributed by atoms with E-state index in [4.69, 9.17) is 17.2 Å². The third-order valence-corrected chi connectivity index (χ3v) is 11.9. The molecule has 0 bridgehead atoms. The molecule has 53 heavy (non-hydrogen) atoms. The first-order valence-electron chi connectivity index (χ1n) is 18.0. The van der Waals surface area contributed by atoms with Crippen LogP contribution in [0.1, 0.15) is 78.2 Å². The molecule has 18 heteroatoms. The third-order valence-electron chi connectivity index (χ3n) is 8.59. The number of hydrogen-bond acceptors (Lipinski definition) is 12. The predicted molar refractivity (Wildman–Crippen MR) is 206 cm³/mol. The molecule has 1 aromatic rings. The number of carbonyl (C=O) groups excluding carboxylic acids is 5. The van der Waals surface area contributed by atoms with Gasteiger partial charge in [-0.1, -0.05) is 47.6 Å². The van der Waals surface area contributed by atoms with Gasteiger partial charge < -0.3 is 54.0 Å². The Labute approximate surface area is 319 Å². The molecule has 2 rings (SSSR count). The van der Waals surface area contributed by atoms with Gasteiger partial charge in [-0.25, -0.2) is 4.79 Å². The number of hydrogen-bond donors (Lipinski definition) is 10. The van der Waals surface area contributed by atoms with Crippen molar-refractivity contribution in [2.75, 3.05) is 18.8 Å². The van der Waals surface area contributed by atoms with Gasteiger partial charge in [0.25, 0.3) is 0 Å². The number of amides is 5. The van der Waals surface area contributed by atoms with Crippen LogP contribution in [0.3, 0.4) is 0 Å². The van der Waals surface area contributed by atoms with Crippen LogP contribution in [0, 0.1) is 5.92 Å². The van der Waals surface area contributed by atoms with Crippen LogP contribution in [-0.4, -0.2) is 106 Å². The van der Waals surface area contributed by atoms with E-state index in [-0.39, 0.29) is 43.1 Å². The van der Waals surface area contributed by atoms with Crippen LogP contribution in [0.4, 0.5) is 0 Å². The molecule has 1 aliphatic heterocycles. The number of carboxylic acids is 1. The van der Waals surface area contributed by atoms with Crippen LogP contribution in [0.25, 0.3) is 0 Å². The number of carboxylic acid groups (broad SMARTS) is 1. The van der Waals surface area contributed by atoms with Gasteiger partial charge in [0.2, 0.25) is 29.5 Å². The lowest BCUT2D eigenvalue weighted by Crippen LogP contribution is -2.63. The second kappa shape index (κ2) is 22.6. The van der Waals surface area contributed by atoms with Gasteiger partial charge in [-0.3, -0.25) is 24.0 Å². The molecule has 0 radical (unpaired) electrons. The van der Waals surface area contributed by atoms with E-state index in [1.165, 1.54) is 33.7 Å². The van der Waals surface area contributed by atoms with Crippen molar-refractivity contribution in [2.45, 2.75) is 120 Å². The molecule has 6 atom stereocenters. The fourth-order valence-electron chi connectivity index (χ4n) is 5.55. The molecule has 1 aromatic carbocycles. The second-order valence-electron chi connectivity index (χ2n) is 14.2. The van der Waals surface area contributed by atoms with Crippen LogP contribution >= 0.6 is 21.6 Å². The molecule has 5 amide bonds. The van der Waals surface area contributed by atoms with Crippen LogP contribution in [0.2, 0.25) is 0 Å². The van der Waals surface area contributed by atoms with Crippen molar-refractivity contribution in [2.24, 2.45) is 23.1 Å². The number of nitrogens with two attached hydrogens (primary N) is 3. The first-order valence-corrected chi connectivity index (χ1v) is 20.3. The third kappa shape index (κ3) is 15.7. The topological polar surface area (TPSA) is 281 Å². The van der Waals surface area contributed by atoms with Crippen molar-refractivity contribution < 1.29 is 39.0 Å². The van der Waals surface area contributed by atoms with Gasteiger partial charge in [-0.05, 0) is 95.5 Å². The number of carbonyl (C=O) groups is 6. The number of benzene rings is 1. The first kappa shape index (κ1) is 45.6. The van der Waals surface area contributed by atoms with Gasteiger partial charge >= 0.3 is 5.97 Å². The van der Waals surface area contributed by atoms with Crippen LogP contribution in [0.5, 0.6) is 5.75 Å². The minimum absolute atomic E-state index is 0.00689. The molecule has 13 N–H and O–H groups in total. The molecular formula is C35H58N8O8S2. The molecule has 1 saturated heterocycles. The van der Waals surface area contributed by atoms with E-state index in [1.54, 1.807) is 26.0 Å². The van der Waals surface area contributed by atoms with Gasteiger partial charge in [-0.2, -0.15) is 0 Å². The fraction of sp³-hybridized carbons (Fsp3) is 0.657. The number of nitrogens with one attached hydrogen (secondary N) is 5. The second-order valence-corrected chi connectivity index (χ2v) is 17.2. The maximum absolute atomic E-state index is 14.3. The smallest absolute Gasteiger partial charge is 0.326 e. The molecule has 1 fully saturated rings. The van der Waals surface area contributed by atoms with Gasteiger partial charge in [-0.15, -0.1) is 0 Å². The highest BCUT2D eigenvalue weighted by Crippen LogP contribution is 2.38. The van der Waals surface area contributed by atoms with Gasteiger partial charge in [0.15, 0.2) is 0 Å². The normalized spacial score (nSPS) is 22.4. The maximum Gasteiger partial charge on any atom is 0.326 e. The van der Waals surface area contributed by atoms with Crippen molar-refractivity contribution in [3.63, 3.8) is 0 Å². The maximum atomic E-state index is 14.3. The Hall–Kier alpha value is -3.58. The van der Waals surface area contributed by atoms with E-state index < -0.39 is 76.5 Å². The van der Waals surface area contributed by atoms with Crippen LogP contribution in [0.15, 0.2) is 24.3 Å². The molecule has 16 nitrogen and oxygen atoms in total. The lowest BCUT2D eigenvalue weighted by Gasteiger charge is -2.35. The molecular weight excluding hydrogens is 725 g/mol. The molecule has 0 spiro atoms. The van der Waals surface area contributed by atoms with Crippen molar-refractivity contribution in [3.05, 3.63) is 29.8 Å². The van der Waals surface area contributed by atoms with E-state index in [9.17, 15) is 39.0 Å². The Morgan fingerprint density at radius 2 is 1.42 bits per heavy atom. The van der Waals surface area contributed by atoms with Gasteiger partial charge in [0.05, 0.1) is 6.04 Å². The molecule has 0 aromatic heterocycles. The average molecular weight is 783 g/mol. The van der Waals surface area contributed by atoms with Crippen LogP contribution in [-0.2, 0) is 35.2 Å². The van der Waals surface area contributed by atoms with Crippen molar-refractivity contribution in [1.29, 1.82) is 0 Å². The quantitative estimate of drug-likeness (QED) is 0.0751. The summed E-state index contributed by atoms with van der Waals surface area (Å²) in [6.45, 7) is 7.81. The molecule has 1 aliphatic rings. The molecule has 298 valence electrons. The highest BCUT2D eigenvalue weighted by atomic mass is 33.1. The predicted octanol–water partition coefficient (Wildman–Crippen LogP) is 0.248. The van der Waals surface area contributed by atoms with Crippen LogP contribution < -0.4 is 43.8 Å². The Bertz CT molecular complexity index is 1380. The monoisotopic (exact) mass is 782 g/mol. The number of aromatic hydroxyl groups is 1. The molecule has 0 saturated carbocycles. The number of unbranched alkanes of at least 4 members (excludes halogenated alkanes) is 2. The lowest BCUT2D eigenvalue weighted by molar-refractivity contribution is -0.142. The minimum atomic E-state index is -1.30. The zero-order valence-electron chi connectivity index (χ0n) is 31.0. The van der Waals surface area contributed by atoms with E-state index >= 15 is 0 Å². The standard InChI is InChI=1S/C35H58N8O8S2/c1-20(2)17-27(34(50)51)42-32(48)26(18-21-11-13-22(44)14-12-21)41-33(49)28-35(3,4)53-52-19-23(38)29(45)39-24(9-5-7-15-36)30(46)40-25(31(47)43-28)10-6-8-16-37/h11-14,20,23-28,44H,5-10,15-19,36-38H2,1-4H3,(H,39,45)(H,40,46)(H,41,49)(H,42,48)(H,43,47)(H,50,51)/t23-,24-,25-,26-,27-,28+/m0/s1. The molecule has 1 heterocycles. The lowest BCUT2D eigenvalue weighted by atomic mass is 9.98. The number of phenols is 1. The Kier molecular flexibility index (Phi) is 19.4. The van der Waals surface area contributed by atoms with Crippen molar-refractivity contribution in [1.82, 2.24) is 26.6 Å². The number of phenolic OH excluding ortho intramolecular Hbond substituents is 1. The first-order chi connectivity index (χ1) is 25.0. The summed E-state index contributed by atoms with van der Waals surface area (Å²) in [5.74, 6) is -4.47. The zero-order valence-corrected chi connectivity index (χ0v) is 32.7. The molecule has 0 aliphatic carbocycles. The van der Waals surface area contributed by atoms with Crippen molar-refractivity contribution in [3.8, 4) is 5.75 Å². The minimum Gasteiger partial charge on any atom is -0.508 e. The summed E-state index contributed by atoms with van der Waals surface area (Å²) in [4.78, 5) is 80.8. The SMILES string of the molecule is CC(C)C[C@H](NC(=O)[C@H](Cc1ccc(O)cc1)NC(=O)[C@H]1NC(=O)[C@H](CCCCN)NC(=O)[C@H](CCCCN)NC(=O)[C@@H](N)CSSC1(C)C)C(=O)O. The van der Waals surface area contributed by atoms with E-state index in [0.717, 1.165) is 0 Å². The summed E-state index contributed by atoms with van der Waals surface area (Å²) in [5.41, 5.74) is 18.1. The van der Waals surface area contributed by atoms with Crippen molar-refractivity contribution >= 4 is 57.1 Å². The summed E-state index contributed by atoms with van der Waals surface area (Å²) in [7, 11) is 2.42. The average Bonchev–Trinajstić information content (AvgIpc) is 3.08. The number of aliphatic carboxylic acids is 1. The van der Waals surface area contributed by atoms with Gasteiger partial charge in [0, 0.05) is 16.9 Å². The largest absolute Gasteiger partial charge is 0.508 e. The Morgan fingerprint density at radius 3 is 1.94 bits per heavy atom. The van der Waals surface area contributed by atoms with Gasteiger partial charge in [0.1, 0.15) is 36.0 Å². The Balaban J connectivity index is 2.52. The summed E-state index contributed by atoms with van der Waals surface area (Å²) in [6.07, 6.45) is 2.73. The fourth-order valence-corrected chi connectivity index (χ4v) is 8.33. The zero-order chi connectivity index (χ0) is 39.7. The summed E-state index contributed by atoms with van der Waals surface area (Å²) in [5, 5.41) is 33.2. The highest BCUT2D eigenvalue weighted by Gasteiger charge is 2.41. The Morgan fingerprint density at radius 1 is 0.868 bits per heavy atom. The highest BCUT2D eigenvalue weighted by molar-refractivity contribution is 8.77. The summed E-state index contributed by atoms with van der Waals surface area (Å²) >= 11 is 0. The van der Waals surface area contributed by atoms with E-state index in [2.05, 4.69) is 26.6 Å². The van der Waals surface area contributed by atoms with E-state index in [1.807, 2.05) is 13.8 Å². The number of rotatable bonds is 17. The summed E-state index contributed by atoms with van der Waals surface area (Å²) < 4.78 is -1.08. The summed E-state index contributed by atoms with van der Waals surface area (Å²) in [6, 6.07) is -0.899. The molecule has 0 unspecified atom stereocenters. The van der Waals surface area contributed by atoms with E-state index in [0.29, 0.717) is 44.3 Å².